The Kier molecular flexibility index (Phi) is 5.08. The summed E-state index contributed by atoms with van der Waals surface area (Å²) in [7, 11) is 0. The third-order valence-corrected chi connectivity index (χ3v) is 4.03. The molecule has 0 aliphatic carbocycles. The molecule has 0 unspecified atom stereocenters. The van der Waals surface area contributed by atoms with Crippen molar-refractivity contribution < 1.29 is 0 Å². The maximum Gasteiger partial charge on any atom is 0.0406 e. The summed E-state index contributed by atoms with van der Waals surface area (Å²) in [6, 6.07) is 9.01. The van der Waals surface area contributed by atoms with Crippen molar-refractivity contribution in [2.75, 3.05) is 13.1 Å². The standard InChI is InChI=1S/C16H24ClN/c1-13(2)12-16(18-10-4-3-5-11-18)14-6-8-15(17)9-7-14/h6-9,13,16H,3-5,10-12H2,1-2H3/t16-/m1/s1. The first-order chi connectivity index (χ1) is 8.66. The smallest absolute Gasteiger partial charge is 0.0406 e. The summed E-state index contributed by atoms with van der Waals surface area (Å²) in [5, 5.41) is 0.834. The van der Waals surface area contributed by atoms with E-state index in [-0.39, 0.29) is 0 Å². The summed E-state index contributed by atoms with van der Waals surface area (Å²) in [6.07, 6.45) is 5.33. The van der Waals surface area contributed by atoms with Gasteiger partial charge in [-0.1, -0.05) is 44.0 Å². The first kappa shape index (κ1) is 13.9. The summed E-state index contributed by atoms with van der Waals surface area (Å²) < 4.78 is 0. The van der Waals surface area contributed by atoms with Crippen LogP contribution in [0, 0.1) is 5.92 Å². The summed E-state index contributed by atoms with van der Waals surface area (Å²) in [5.74, 6) is 0.729. The third kappa shape index (κ3) is 3.73. The SMILES string of the molecule is CC(C)C[C@H](c1ccc(Cl)cc1)N1CCCCC1. The number of likely N-dealkylation sites (tertiary alicyclic amines) is 1. The lowest BCUT2D eigenvalue weighted by Crippen LogP contribution is -2.34. The fourth-order valence-electron chi connectivity index (χ4n) is 2.86. The van der Waals surface area contributed by atoms with Crippen molar-refractivity contribution in [2.24, 2.45) is 5.92 Å². The summed E-state index contributed by atoms with van der Waals surface area (Å²) >= 11 is 5.99. The minimum Gasteiger partial charge on any atom is -0.296 e. The highest BCUT2D eigenvalue weighted by atomic mass is 35.5. The Bertz CT molecular complexity index is 352. The van der Waals surface area contributed by atoms with E-state index in [0.29, 0.717) is 6.04 Å². The van der Waals surface area contributed by atoms with E-state index in [2.05, 4.69) is 30.9 Å². The van der Waals surface area contributed by atoms with Crippen molar-refractivity contribution in [3.63, 3.8) is 0 Å². The largest absolute Gasteiger partial charge is 0.296 e. The van der Waals surface area contributed by atoms with Gasteiger partial charge < -0.3 is 0 Å². The Labute approximate surface area is 116 Å². The van der Waals surface area contributed by atoms with E-state index in [0.717, 1.165) is 10.9 Å². The van der Waals surface area contributed by atoms with Gasteiger partial charge in [-0.3, -0.25) is 4.90 Å². The second kappa shape index (κ2) is 6.58. The van der Waals surface area contributed by atoms with Crippen LogP contribution in [-0.2, 0) is 0 Å². The van der Waals surface area contributed by atoms with Gasteiger partial charge in [0.2, 0.25) is 0 Å². The van der Waals surface area contributed by atoms with Gasteiger partial charge >= 0.3 is 0 Å². The molecule has 0 radical (unpaired) electrons. The summed E-state index contributed by atoms with van der Waals surface area (Å²) in [4.78, 5) is 2.66. The van der Waals surface area contributed by atoms with Crippen molar-refractivity contribution in [1.82, 2.24) is 4.90 Å². The van der Waals surface area contributed by atoms with E-state index in [1.807, 2.05) is 12.1 Å². The topological polar surface area (TPSA) is 3.24 Å². The molecule has 1 aromatic carbocycles. The van der Waals surface area contributed by atoms with Gasteiger partial charge in [-0.2, -0.15) is 0 Å². The van der Waals surface area contributed by atoms with E-state index in [9.17, 15) is 0 Å². The Morgan fingerprint density at radius 2 is 1.67 bits per heavy atom. The van der Waals surface area contributed by atoms with Gasteiger partial charge in [0, 0.05) is 11.1 Å². The highest BCUT2D eigenvalue weighted by Gasteiger charge is 2.22. The minimum absolute atomic E-state index is 0.572. The lowest BCUT2D eigenvalue weighted by Gasteiger charge is -2.36. The maximum atomic E-state index is 5.99. The van der Waals surface area contributed by atoms with Crippen LogP contribution in [0.5, 0.6) is 0 Å². The van der Waals surface area contributed by atoms with Crippen molar-refractivity contribution in [3.8, 4) is 0 Å². The van der Waals surface area contributed by atoms with Gasteiger partial charge in [0.1, 0.15) is 0 Å². The van der Waals surface area contributed by atoms with Crippen LogP contribution in [0.2, 0.25) is 5.02 Å². The number of hydrogen-bond acceptors (Lipinski definition) is 1. The molecular weight excluding hydrogens is 242 g/mol. The van der Waals surface area contributed by atoms with Crippen LogP contribution in [0.4, 0.5) is 0 Å². The van der Waals surface area contributed by atoms with Crippen LogP contribution >= 0.6 is 11.6 Å². The van der Waals surface area contributed by atoms with E-state index in [1.54, 1.807) is 0 Å². The predicted molar refractivity (Wildman–Crippen MR) is 79.1 cm³/mol. The lowest BCUT2D eigenvalue weighted by atomic mass is 9.94. The van der Waals surface area contributed by atoms with E-state index in [1.165, 1.54) is 44.3 Å². The molecule has 2 heteroatoms. The van der Waals surface area contributed by atoms with Crippen LogP contribution in [-0.4, -0.2) is 18.0 Å². The first-order valence-electron chi connectivity index (χ1n) is 7.16. The molecule has 1 fully saturated rings. The van der Waals surface area contributed by atoms with Gasteiger partial charge in [-0.05, 0) is 56.0 Å². The first-order valence-corrected chi connectivity index (χ1v) is 7.54. The van der Waals surface area contributed by atoms with Crippen molar-refractivity contribution >= 4 is 11.6 Å². The Balaban J connectivity index is 2.15. The molecule has 1 atom stereocenters. The molecule has 0 amide bonds. The third-order valence-electron chi connectivity index (χ3n) is 3.78. The highest BCUT2D eigenvalue weighted by Crippen LogP contribution is 2.30. The zero-order valence-electron chi connectivity index (χ0n) is 11.5. The zero-order chi connectivity index (χ0) is 13.0. The van der Waals surface area contributed by atoms with Gasteiger partial charge in [0.05, 0.1) is 0 Å². The molecule has 0 saturated carbocycles. The van der Waals surface area contributed by atoms with Gasteiger partial charge in [-0.25, -0.2) is 0 Å². The van der Waals surface area contributed by atoms with E-state index >= 15 is 0 Å². The molecule has 18 heavy (non-hydrogen) atoms. The number of rotatable bonds is 4. The molecule has 1 aromatic rings. The van der Waals surface area contributed by atoms with Crippen LogP contribution in [0.1, 0.15) is 51.1 Å². The van der Waals surface area contributed by atoms with Crippen LogP contribution in [0.25, 0.3) is 0 Å². The molecule has 1 aliphatic heterocycles. The molecular formula is C16H24ClN. The maximum absolute atomic E-state index is 5.99. The van der Waals surface area contributed by atoms with Gasteiger partial charge in [0.25, 0.3) is 0 Å². The number of piperidine rings is 1. The zero-order valence-corrected chi connectivity index (χ0v) is 12.3. The average molecular weight is 266 g/mol. The Morgan fingerprint density at radius 1 is 1.06 bits per heavy atom. The predicted octanol–water partition coefficient (Wildman–Crippen LogP) is 4.91. The normalized spacial score (nSPS) is 19.1. The molecule has 0 N–H and O–H groups in total. The number of hydrogen-bond donors (Lipinski definition) is 0. The number of halogens is 1. The molecule has 0 bridgehead atoms. The fourth-order valence-corrected chi connectivity index (χ4v) is 2.98. The van der Waals surface area contributed by atoms with Crippen LogP contribution < -0.4 is 0 Å². The average Bonchev–Trinajstić information content (AvgIpc) is 2.38. The van der Waals surface area contributed by atoms with Gasteiger partial charge in [0.15, 0.2) is 0 Å². The molecule has 0 aromatic heterocycles. The molecule has 1 saturated heterocycles. The molecule has 0 spiro atoms. The fraction of sp³-hybridized carbons (Fsp3) is 0.625. The van der Waals surface area contributed by atoms with Crippen LogP contribution in [0.15, 0.2) is 24.3 Å². The van der Waals surface area contributed by atoms with E-state index in [4.69, 9.17) is 11.6 Å². The minimum atomic E-state index is 0.572. The number of benzene rings is 1. The molecule has 1 nitrogen and oxygen atoms in total. The van der Waals surface area contributed by atoms with Crippen molar-refractivity contribution in [2.45, 2.75) is 45.6 Å². The lowest BCUT2D eigenvalue weighted by molar-refractivity contribution is 0.145. The second-order valence-corrected chi connectivity index (χ2v) is 6.23. The van der Waals surface area contributed by atoms with E-state index < -0.39 is 0 Å². The van der Waals surface area contributed by atoms with Gasteiger partial charge in [-0.15, -0.1) is 0 Å². The molecule has 100 valence electrons. The van der Waals surface area contributed by atoms with Crippen LogP contribution in [0.3, 0.4) is 0 Å². The second-order valence-electron chi connectivity index (χ2n) is 5.79. The quantitative estimate of drug-likeness (QED) is 0.747. The van der Waals surface area contributed by atoms with Crippen molar-refractivity contribution in [3.05, 3.63) is 34.9 Å². The summed E-state index contributed by atoms with van der Waals surface area (Å²) in [6.45, 7) is 7.12. The molecule has 2 rings (SSSR count). The molecule has 1 aliphatic rings. The monoisotopic (exact) mass is 265 g/mol. The Hall–Kier alpha value is -0.530. The highest BCUT2D eigenvalue weighted by molar-refractivity contribution is 6.30. The van der Waals surface area contributed by atoms with Crippen molar-refractivity contribution in [1.29, 1.82) is 0 Å². The molecule has 1 heterocycles. The number of nitrogens with zero attached hydrogens (tertiary/aromatic N) is 1. The Morgan fingerprint density at radius 3 is 2.22 bits per heavy atom. The summed E-state index contributed by atoms with van der Waals surface area (Å²) in [5.41, 5.74) is 1.43.